The van der Waals surface area contributed by atoms with Gasteiger partial charge in [0.25, 0.3) is 5.70 Å². The van der Waals surface area contributed by atoms with Crippen LogP contribution in [0, 0.1) is 30.9 Å². The van der Waals surface area contributed by atoms with Crippen LogP contribution in [0.5, 0.6) is 0 Å². The fraction of sp³-hybridized carbons (Fsp3) is 0.333. The van der Waals surface area contributed by atoms with Crippen LogP contribution in [0.3, 0.4) is 0 Å². The largest absolute Gasteiger partial charge is 0.864 e. The van der Waals surface area contributed by atoms with E-state index in [2.05, 4.69) is 0 Å². The average molecular weight is 388 g/mol. The summed E-state index contributed by atoms with van der Waals surface area (Å²) in [6.45, 7) is 0. The SMILES string of the molecule is O=[N+]([O-])C1=C([O-])C(=[N+]([O-])[O-])C(S(=O)(=O)[O-])C(=[N+]([O-])[O-])C1S(=O)(=O)[O-]. The molecule has 24 heavy (non-hydrogen) atoms. The Morgan fingerprint density at radius 1 is 0.792 bits per heavy atom. The maximum Gasteiger partial charge on any atom is 0.272 e. The third kappa shape index (κ3) is 3.15. The van der Waals surface area contributed by atoms with E-state index in [-0.39, 0.29) is 0 Å². The van der Waals surface area contributed by atoms with Crippen molar-refractivity contribution >= 4 is 31.7 Å². The maximum absolute atomic E-state index is 11.7. The fourth-order valence-corrected chi connectivity index (χ4v) is 3.96. The lowest BCUT2D eigenvalue weighted by atomic mass is 9.97. The van der Waals surface area contributed by atoms with Crippen molar-refractivity contribution in [3.8, 4) is 0 Å². The number of hydrogen-bond donors (Lipinski definition) is 0. The van der Waals surface area contributed by atoms with Gasteiger partial charge in [-0.2, -0.15) is 9.80 Å². The third-order valence-electron chi connectivity index (χ3n) is 2.68. The highest BCUT2D eigenvalue weighted by Gasteiger charge is 2.56. The van der Waals surface area contributed by atoms with Gasteiger partial charge in [-0.1, -0.05) is 0 Å². The highest BCUT2D eigenvalue weighted by atomic mass is 32.2. The Morgan fingerprint density at radius 2 is 1.21 bits per heavy atom. The first kappa shape index (κ1) is 19.3. The Hall–Kier alpha value is -2.70. The first-order chi connectivity index (χ1) is 10.6. The second kappa shape index (κ2) is 5.74. The van der Waals surface area contributed by atoms with Crippen LogP contribution < -0.4 is 5.11 Å². The summed E-state index contributed by atoms with van der Waals surface area (Å²) in [7, 11) is -12.3. The molecule has 16 nitrogen and oxygen atoms in total. The van der Waals surface area contributed by atoms with Gasteiger partial charge in [-0.3, -0.25) is 10.1 Å². The molecule has 0 aromatic carbocycles. The molecule has 0 amide bonds. The number of allylic oxidation sites excluding steroid dienone is 1. The van der Waals surface area contributed by atoms with Crippen molar-refractivity contribution in [3.05, 3.63) is 42.4 Å². The highest BCUT2D eigenvalue weighted by Crippen LogP contribution is 2.28. The molecule has 18 heteroatoms. The van der Waals surface area contributed by atoms with Gasteiger partial charge in [-0.15, -0.1) is 0 Å². The van der Waals surface area contributed by atoms with Crippen molar-refractivity contribution < 1.29 is 45.8 Å². The van der Waals surface area contributed by atoms with Crippen molar-refractivity contribution in [1.29, 1.82) is 0 Å². The molecular weight excluding hydrogens is 386 g/mol. The zero-order chi connectivity index (χ0) is 19.2. The van der Waals surface area contributed by atoms with Gasteiger partial charge in [0.05, 0.1) is 4.92 Å². The summed E-state index contributed by atoms with van der Waals surface area (Å²) in [4.78, 5) is 4.96. The molecule has 0 heterocycles. The number of hydrogen-bond acceptors (Lipinski definition) is 13. The molecule has 2 unspecified atom stereocenters. The van der Waals surface area contributed by atoms with Crippen molar-refractivity contribution in [3.63, 3.8) is 0 Å². The van der Waals surface area contributed by atoms with Crippen LogP contribution >= 0.6 is 0 Å². The molecule has 0 N–H and O–H groups in total. The minimum atomic E-state index is -6.16. The predicted molar refractivity (Wildman–Crippen MR) is 65.0 cm³/mol. The Labute approximate surface area is 131 Å². The molecule has 136 valence electrons. The van der Waals surface area contributed by atoms with E-state index in [0.717, 1.165) is 0 Å². The molecule has 0 bridgehead atoms. The molecule has 1 aliphatic rings. The lowest BCUT2D eigenvalue weighted by Crippen LogP contribution is -2.58. The molecule has 1 aliphatic carbocycles. The van der Waals surface area contributed by atoms with Gasteiger partial charge in [0, 0.05) is 5.76 Å². The summed E-state index contributed by atoms with van der Waals surface area (Å²) in [6, 6.07) is 0. The fourth-order valence-electron chi connectivity index (χ4n) is 1.90. The van der Waals surface area contributed by atoms with E-state index in [9.17, 15) is 62.0 Å². The van der Waals surface area contributed by atoms with Crippen LogP contribution in [-0.4, -0.2) is 62.6 Å². The molecule has 0 radical (unpaired) electrons. The summed E-state index contributed by atoms with van der Waals surface area (Å²) in [5.41, 5.74) is -7.01. The average Bonchev–Trinajstić information content (AvgIpc) is 2.33. The van der Waals surface area contributed by atoms with E-state index < -0.39 is 68.3 Å². The molecule has 0 aromatic rings. The zero-order valence-electron chi connectivity index (χ0n) is 10.6. The number of nitro groups is 1. The van der Waals surface area contributed by atoms with Gasteiger partial charge < -0.3 is 35.0 Å². The predicted octanol–water partition coefficient (Wildman–Crippen LogP) is -4.43. The smallest absolute Gasteiger partial charge is 0.272 e. The van der Waals surface area contributed by atoms with Gasteiger partial charge in [0.2, 0.25) is 21.9 Å². The van der Waals surface area contributed by atoms with Crippen LogP contribution in [0.1, 0.15) is 0 Å². The van der Waals surface area contributed by atoms with Crippen LogP contribution in [0.2, 0.25) is 0 Å². The standard InChI is InChI=1S/C6H5N3O13S2/c10-4-1(7(11)12)5(23(17,18)19)3(9(15)16)6(24(20,21)22)2(4)8(13)14/h5-6H,(H3-2,10,11,12,15,16,17,18,19,20,21,22)/q-2/p-3. The van der Waals surface area contributed by atoms with Crippen molar-refractivity contribution in [2.45, 2.75) is 10.5 Å². The van der Waals surface area contributed by atoms with Gasteiger partial charge in [-0.25, -0.2) is 16.8 Å². The molecule has 1 rings (SSSR count). The van der Waals surface area contributed by atoms with E-state index in [1.54, 1.807) is 0 Å². The lowest BCUT2D eigenvalue weighted by molar-refractivity contribution is -0.448. The topological polar surface area (TPSA) is 279 Å². The van der Waals surface area contributed by atoms with Gasteiger partial charge >= 0.3 is 0 Å². The minimum absolute atomic E-state index is 1.91. The van der Waals surface area contributed by atoms with Crippen molar-refractivity contribution in [2.75, 3.05) is 0 Å². The highest BCUT2D eigenvalue weighted by molar-refractivity contribution is 7.89. The van der Waals surface area contributed by atoms with E-state index >= 15 is 0 Å². The van der Waals surface area contributed by atoms with Crippen LogP contribution in [0.4, 0.5) is 0 Å². The molecule has 0 spiro atoms. The first-order valence-corrected chi connectivity index (χ1v) is 8.04. The lowest BCUT2D eigenvalue weighted by Gasteiger charge is -2.34. The van der Waals surface area contributed by atoms with Gasteiger partial charge in [-0.05, 0) is 0 Å². The molecule has 0 saturated carbocycles. The van der Waals surface area contributed by atoms with Gasteiger partial charge in [0.15, 0.2) is 0 Å². The number of nitrogens with zero attached hydrogens (tertiary/aromatic N) is 3. The summed E-state index contributed by atoms with van der Waals surface area (Å²) < 4.78 is 66.5. The summed E-state index contributed by atoms with van der Waals surface area (Å²) in [6.07, 6.45) is 0. The quantitative estimate of drug-likeness (QED) is 0.191. The Morgan fingerprint density at radius 3 is 1.46 bits per heavy atom. The van der Waals surface area contributed by atoms with Crippen LogP contribution in [-0.2, 0) is 20.2 Å². The van der Waals surface area contributed by atoms with Gasteiger partial charge in [0.1, 0.15) is 20.2 Å². The van der Waals surface area contributed by atoms with Crippen LogP contribution in [0.15, 0.2) is 11.5 Å². The summed E-state index contributed by atoms with van der Waals surface area (Å²) in [5.74, 6) is -2.50. The summed E-state index contributed by atoms with van der Waals surface area (Å²) >= 11 is 0. The second-order valence-corrected chi connectivity index (χ2v) is 6.96. The monoisotopic (exact) mass is 388 g/mol. The molecule has 2 atom stereocenters. The van der Waals surface area contributed by atoms with Crippen LogP contribution in [0.25, 0.3) is 0 Å². The Kier molecular flexibility index (Phi) is 4.63. The zero-order valence-corrected chi connectivity index (χ0v) is 12.3. The maximum atomic E-state index is 11.7. The molecule has 0 fully saturated rings. The number of rotatable bonds is 3. The Bertz CT molecular complexity index is 886. The van der Waals surface area contributed by atoms with E-state index in [4.69, 9.17) is 0 Å². The normalized spacial score (nSPS) is 22.4. The van der Waals surface area contributed by atoms with E-state index in [0.29, 0.717) is 0 Å². The molecule has 0 aromatic heterocycles. The second-order valence-electron chi connectivity index (χ2n) is 4.04. The van der Waals surface area contributed by atoms with E-state index in [1.165, 1.54) is 0 Å². The van der Waals surface area contributed by atoms with E-state index in [1.807, 2.05) is 0 Å². The minimum Gasteiger partial charge on any atom is -0.864 e. The first-order valence-electron chi connectivity index (χ1n) is 5.10. The third-order valence-corrected chi connectivity index (χ3v) is 4.77. The van der Waals surface area contributed by atoms with Crippen molar-refractivity contribution in [1.82, 2.24) is 0 Å². The Balaban J connectivity index is 4.23. The van der Waals surface area contributed by atoms with Crippen molar-refractivity contribution in [2.24, 2.45) is 0 Å². The molecule has 0 saturated heterocycles. The summed E-state index contributed by atoms with van der Waals surface area (Å²) in [5, 5.41) is 58.6. The molecular formula is C6H2N3O13S2-5. The molecule has 0 aliphatic heterocycles.